The van der Waals surface area contributed by atoms with Gasteiger partial charge in [-0.3, -0.25) is 4.79 Å². The minimum atomic E-state index is -5.01. The van der Waals surface area contributed by atoms with Gasteiger partial charge in [0.1, 0.15) is 5.75 Å². The lowest BCUT2D eigenvalue weighted by Crippen LogP contribution is -2.24. The number of amides is 1. The normalized spacial score (nSPS) is 12.1. The molecule has 3 rings (SSSR count). The van der Waals surface area contributed by atoms with Crippen molar-refractivity contribution in [1.29, 1.82) is 0 Å². The van der Waals surface area contributed by atoms with Crippen molar-refractivity contribution in [3.8, 4) is 17.1 Å². The average Bonchev–Trinajstić information content (AvgIpc) is 3.18. The van der Waals surface area contributed by atoms with E-state index in [1.807, 2.05) is 0 Å². The number of nitrogens with zero attached hydrogens (tertiary/aromatic N) is 2. The third-order valence-electron chi connectivity index (χ3n) is 4.00. The fourth-order valence-electron chi connectivity index (χ4n) is 2.51. The summed E-state index contributed by atoms with van der Waals surface area (Å²) in [4.78, 5) is 16.0. The zero-order valence-electron chi connectivity index (χ0n) is 15.3. The van der Waals surface area contributed by atoms with Crippen LogP contribution in [0, 0.1) is 0 Å². The van der Waals surface area contributed by atoms with Crippen molar-refractivity contribution >= 4 is 37.8 Å². The third kappa shape index (κ3) is 5.41. The second-order valence-electron chi connectivity index (χ2n) is 6.31. The van der Waals surface area contributed by atoms with E-state index in [1.165, 1.54) is 12.1 Å². The Bertz CT molecular complexity index is 1120. The van der Waals surface area contributed by atoms with Crippen molar-refractivity contribution < 1.29 is 40.8 Å². The fourth-order valence-corrected chi connectivity index (χ4v) is 3.69. The number of aromatic hydroxyl groups is 1. The summed E-state index contributed by atoms with van der Waals surface area (Å²) in [7, 11) is 0. The average molecular weight is 589 g/mol. The van der Waals surface area contributed by atoms with Crippen molar-refractivity contribution in [2.24, 2.45) is 0 Å². The molecule has 0 aliphatic carbocycles. The Balaban J connectivity index is 1.80. The molecule has 0 atom stereocenters. The molecule has 32 heavy (non-hydrogen) atoms. The maximum atomic E-state index is 12.9. The van der Waals surface area contributed by atoms with Crippen LogP contribution in [0.1, 0.15) is 27.4 Å². The van der Waals surface area contributed by atoms with Gasteiger partial charge in [0.25, 0.3) is 0 Å². The summed E-state index contributed by atoms with van der Waals surface area (Å²) in [5, 5.41) is 15.5. The van der Waals surface area contributed by atoms with Crippen LogP contribution in [0.2, 0.25) is 0 Å². The van der Waals surface area contributed by atoms with E-state index in [2.05, 4.69) is 47.3 Å². The van der Waals surface area contributed by atoms with Crippen LogP contribution in [0.25, 0.3) is 11.4 Å². The summed E-state index contributed by atoms with van der Waals surface area (Å²) in [6.07, 6.45) is -10.0. The van der Waals surface area contributed by atoms with Gasteiger partial charge in [0.05, 0.1) is 20.1 Å². The summed E-state index contributed by atoms with van der Waals surface area (Å²) in [5.41, 5.74) is -3.08. The highest BCUT2D eigenvalue weighted by Crippen LogP contribution is 2.37. The second kappa shape index (κ2) is 8.73. The SMILES string of the molecule is O=C(NCc1cc(C(F)(F)F)cc(C(F)(F)F)c1)c1nc(-c2cc(Br)c(O)c(Br)c2)no1. The molecule has 2 aromatic carbocycles. The largest absolute Gasteiger partial charge is 0.506 e. The van der Waals surface area contributed by atoms with Gasteiger partial charge in [-0.1, -0.05) is 5.16 Å². The van der Waals surface area contributed by atoms with E-state index in [-0.39, 0.29) is 17.6 Å². The highest BCUT2D eigenvalue weighted by atomic mass is 79.9. The van der Waals surface area contributed by atoms with Gasteiger partial charge in [0, 0.05) is 12.1 Å². The van der Waals surface area contributed by atoms with Crippen molar-refractivity contribution in [3.05, 3.63) is 61.9 Å². The van der Waals surface area contributed by atoms with Gasteiger partial charge in [0.15, 0.2) is 0 Å². The van der Waals surface area contributed by atoms with Gasteiger partial charge < -0.3 is 14.9 Å². The second-order valence-corrected chi connectivity index (χ2v) is 8.02. The maximum absolute atomic E-state index is 12.9. The zero-order valence-corrected chi connectivity index (χ0v) is 18.4. The number of alkyl halides is 6. The quantitative estimate of drug-likeness (QED) is 0.369. The van der Waals surface area contributed by atoms with Crippen LogP contribution in [-0.2, 0) is 18.9 Å². The van der Waals surface area contributed by atoms with Crippen molar-refractivity contribution in [2.45, 2.75) is 18.9 Å². The Kier molecular flexibility index (Phi) is 6.56. The summed E-state index contributed by atoms with van der Waals surface area (Å²) in [6.45, 7) is -0.653. The topological polar surface area (TPSA) is 88.2 Å². The van der Waals surface area contributed by atoms with Gasteiger partial charge in [0.2, 0.25) is 5.82 Å². The lowest BCUT2D eigenvalue weighted by atomic mass is 10.0. The number of carbonyl (C=O) groups is 1. The molecule has 0 aliphatic heterocycles. The van der Waals surface area contributed by atoms with Crippen molar-refractivity contribution in [3.63, 3.8) is 0 Å². The maximum Gasteiger partial charge on any atom is 0.416 e. The molecule has 0 bridgehead atoms. The summed E-state index contributed by atoms with van der Waals surface area (Å²) < 4.78 is 83.0. The van der Waals surface area contributed by atoms with Crippen LogP contribution >= 0.6 is 31.9 Å². The molecule has 1 heterocycles. The zero-order chi connectivity index (χ0) is 23.8. The Labute approximate surface area is 191 Å². The first-order valence-corrected chi connectivity index (χ1v) is 9.93. The number of aromatic nitrogens is 2. The van der Waals surface area contributed by atoms with Crippen LogP contribution < -0.4 is 5.32 Å². The molecule has 0 unspecified atom stereocenters. The van der Waals surface area contributed by atoms with Gasteiger partial charge in [-0.2, -0.15) is 31.3 Å². The molecule has 0 fully saturated rings. The highest BCUT2D eigenvalue weighted by molar-refractivity contribution is 9.11. The lowest BCUT2D eigenvalue weighted by molar-refractivity contribution is -0.143. The Morgan fingerprint density at radius 2 is 1.50 bits per heavy atom. The van der Waals surface area contributed by atoms with Crippen LogP contribution in [0.4, 0.5) is 26.3 Å². The van der Waals surface area contributed by atoms with E-state index in [1.54, 1.807) is 0 Å². The molecule has 6 nitrogen and oxygen atoms in total. The van der Waals surface area contributed by atoms with Crippen LogP contribution in [-0.4, -0.2) is 21.2 Å². The van der Waals surface area contributed by atoms with Gasteiger partial charge >= 0.3 is 24.2 Å². The standard InChI is InChI=1S/C18H9Br2F6N3O3/c19-11-3-8(4-12(20)13(11)30)14-28-16(32-29-14)15(31)27-6-7-1-9(17(21,22)23)5-10(2-7)18(24,25)26/h1-5,30H,6H2,(H,27,31). The Morgan fingerprint density at radius 3 is 2.00 bits per heavy atom. The molecule has 0 radical (unpaired) electrons. The first kappa shape index (κ1) is 24.0. The minimum absolute atomic E-state index is 0.0104. The summed E-state index contributed by atoms with van der Waals surface area (Å²) in [6, 6.07) is 3.87. The van der Waals surface area contributed by atoms with E-state index in [0.29, 0.717) is 26.6 Å². The Hall–Kier alpha value is -2.61. The molecule has 170 valence electrons. The Morgan fingerprint density at radius 1 is 0.969 bits per heavy atom. The number of benzene rings is 2. The van der Waals surface area contributed by atoms with Gasteiger partial charge in [-0.05, 0) is 67.8 Å². The fraction of sp³-hybridized carbons (Fsp3) is 0.167. The number of carbonyl (C=O) groups excluding carboxylic acids is 1. The van der Waals surface area contributed by atoms with Crippen LogP contribution in [0.15, 0.2) is 43.8 Å². The van der Waals surface area contributed by atoms with Crippen LogP contribution in [0.5, 0.6) is 5.75 Å². The first-order valence-electron chi connectivity index (χ1n) is 8.34. The smallest absolute Gasteiger partial charge is 0.416 e. The molecular formula is C18H9Br2F6N3O3. The molecule has 0 aliphatic rings. The van der Waals surface area contributed by atoms with E-state index in [4.69, 9.17) is 4.52 Å². The lowest BCUT2D eigenvalue weighted by Gasteiger charge is -2.14. The molecule has 0 saturated heterocycles. The number of phenols is 1. The van der Waals surface area contributed by atoms with Crippen molar-refractivity contribution in [1.82, 2.24) is 15.5 Å². The van der Waals surface area contributed by atoms with Crippen molar-refractivity contribution in [2.75, 3.05) is 0 Å². The molecule has 14 heteroatoms. The highest BCUT2D eigenvalue weighted by Gasteiger charge is 2.36. The first-order chi connectivity index (χ1) is 14.8. The number of halogens is 8. The van der Waals surface area contributed by atoms with E-state index in [0.717, 1.165) is 0 Å². The molecule has 1 amide bonds. The summed E-state index contributed by atoms with van der Waals surface area (Å²) in [5.74, 6) is -1.71. The van der Waals surface area contributed by atoms with E-state index >= 15 is 0 Å². The molecule has 1 aromatic heterocycles. The molecule has 0 spiro atoms. The third-order valence-corrected chi connectivity index (χ3v) is 5.20. The molecule has 0 saturated carbocycles. The number of phenolic OH excluding ortho intramolecular Hbond substituents is 1. The molecular weight excluding hydrogens is 580 g/mol. The van der Waals surface area contributed by atoms with E-state index in [9.17, 15) is 36.2 Å². The van der Waals surface area contributed by atoms with Crippen LogP contribution in [0.3, 0.4) is 0 Å². The van der Waals surface area contributed by atoms with Gasteiger partial charge in [-0.15, -0.1) is 0 Å². The number of rotatable bonds is 4. The predicted octanol–water partition coefficient (Wildman–Crippen LogP) is 5.93. The van der Waals surface area contributed by atoms with Gasteiger partial charge in [-0.25, -0.2) is 0 Å². The predicted molar refractivity (Wildman–Crippen MR) is 104 cm³/mol. The number of nitrogens with one attached hydrogen (secondary N) is 1. The number of hydrogen-bond donors (Lipinski definition) is 2. The number of hydrogen-bond acceptors (Lipinski definition) is 5. The minimum Gasteiger partial charge on any atom is -0.506 e. The molecule has 3 aromatic rings. The molecule has 2 N–H and O–H groups in total. The van der Waals surface area contributed by atoms with E-state index < -0.39 is 47.4 Å². The summed E-state index contributed by atoms with van der Waals surface area (Å²) >= 11 is 6.23. The monoisotopic (exact) mass is 587 g/mol.